The summed E-state index contributed by atoms with van der Waals surface area (Å²) in [6.07, 6.45) is 2.00. The molecular weight excluding hydrogens is 514 g/mol. The normalized spacial score (nSPS) is 23.6. The van der Waals surface area contributed by atoms with E-state index in [0.717, 1.165) is 27.5 Å². The lowest BCUT2D eigenvalue weighted by Crippen LogP contribution is -2.42. The standard InChI is InChI=1S/C32H22ClNO5/c1-38-21-13-6-18(7-14-21)23-16-24-26-22-5-3-2-4-17(22)8-15-25(26)39-32(37)28(24)29-27(23)30(35)34(31(29)36)20-11-9-19(33)10-12-20/h2-16,23,27-29H,1H3/t23-,27-,28-,29+/m0/s1. The third-order valence-electron chi connectivity index (χ3n) is 8.07. The van der Waals surface area contributed by atoms with Gasteiger partial charge in [0.1, 0.15) is 11.5 Å². The van der Waals surface area contributed by atoms with Gasteiger partial charge in [0.2, 0.25) is 11.8 Å². The zero-order valence-corrected chi connectivity index (χ0v) is 21.6. The average Bonchev–Trinajstić information content (AvgIpc) is 3.22. The third-order valence-corrected chi connectivity index (χ3v) is 8.32. The average molecular weight is 536 g/mol. The summed E-state index contributed by atoms with van der Waals surface area (Å²) in [6.45, 7) is 0. The Bertz CT molecular complexity index is 1710. The molecule has 39 heavy (non-hydrogen) atoms. The van der Waals surface area contributed by atoms with Crippen molar-refractivity contribution in [3.8, 4) is 11.5 Å². The first-order valence-electron chi connectivity index (χ1n) is 12.7. The molecule has 2 aliphatic heterocycles. The Hall–Kier alpha value is -4.42. The summed E-state index contributed by atoms with van der Waals surface area (Å²) in [5.74, 6) is -3.19. The number of imide groups is 1. The van der Waals surface area contributed by atoms with E-state index < -0.39 is 35.5 Å². The van der Waals surface area contributed by atoms with E-state index in [9.17, 15) is 14.4 Å². The predicted molar refractivity (Wildman–Crippen MR) is 148 cm³/mol. The number of allylic oxidation sites excluding steroid dienone is 1. The van der Waals surface area contributed by atoms with Gasteiger partial charge in [-0.25, -0.2) is 4.90 Å². The topological polar surface area (TPSA) is 72.9 Å². The van der Waals surface area contributed by atoms with Crippen molar-refractivity contribution in [2.24, 2.45) is 17.8 Å². The summed E-state index contributed by atoms with van der Waals surface area (Å²) < 4.78 is 11.2. The first-order chi connectivity index (χ1) is 19.0. The summed E-state index contributed by atoms with van der Waals surface area (Å²) in [5.41, 5.74) is 2.80. The highest BCUT2D eigenvalue weighted by molar-refractivity contribution is 6.31. The Morgan fingerprint density at radius 3 is 2.28 bits per heavy atom. The van der Waals surface area contributed by atoms with E-state index in [0.29, 0.717) is 22.2 Å². The smallest absolute Gasteiger partial charge is 0.319 e. The summed E-state index contributed by atoms with van der Waals surface area (Å²) in [4.78, 5) is 42.9. The van der Waals surface area contributed by atoms with Gasteiger partial charge in [0.05, 0.1) is 30.6 Å². The minimum absolute atomic E-state index is 0.347. The number of halogens is 1. The number of hydrogen-bond donors (Lipinski definition) is 0. The fraction of sp³-hybridized carbons (Fsp3) is 0.156. The van der Waals surface area contributed by atoms with Crippen molar-refractivity contribution in [3.63, 3.8) is 0 Å². The van der Waals surface area contributed by atoms with Crippen molar-refractivity contribution in [2.75, 3.05) is 12.0 Å². The molecule has 192 valence electrons. The second kappa shape index (κ2) is 8.82. The van der Waals surface area contributed by atoms with Crippen molar-refractivity contribution < 1.29 is 23.9 Å². The molecule has 4 aromatic carbocycles. The van der Waals surface area contributed by atoms with Crippen LogP contribution in [0.3, 0.4) is 0 Å². The van der Waals surface area contributed by atoms with Crippen LogP contribution >= 0.6 is 11.6 Å². The Kier molecular flexibility index (Phi) is 5.35. The van der Waals surface area contributed by atoms with E-state index in [1.54, 1.807) is 37.4 Å². The Labute approximate surface area is 229 Å². The second-order valence-corrected chi connectivity index (χ2v) is 10.5. The number of methoxy groups -OCH3 is 1. The molecule has 0 bridgehead atoms. The number of ether oxygens (including phenoxy) is 2. The fourth-order valence-electron chi connectivity index (χ4n) is 6.33. The number of amides is 2. The number of rotatable bonds is 3. The summed E-state index contributed by atoms with van der Waals surface area (Å²) >= 11 is 6.08. The van der Waals surface area contributed by atoms with E-state index >= 15 is 0 Å². The van der Waals surface area contributed by atoms with Gasteiger partial charge in [-0.3, -0.25) is 14.4 Å². The highest BCUT2D eigenvalue weighted by Crippen LogP contribution is 2.55. The van der Waals surface area contributed by atoms with Gasteiger partial charge in [-0.1, -0.05) is 60.1 Å². The van der Waals surface area contributed by atoms with Crippen LogP contribution in [-0.4, -0.2) is 24.9 Å². The summed E-state index contributed by atoms with van der Waals surface area (Å²) in [6, 6.07) is 25.7. The number of benzene rings is 4. The Balaban J connectivity index is 1.46. The molecule has 6 nitrogen and oxygen atoms in total. The van der Waals surface area contributed by atoms with E-state index in [1.807, 2.05) is 60.7 Å². The molecule has 0 saturated carbocycles. The Morgan fingerprint density at radius 1 is 0.821 bits per heavy atom. The monoisotopic (exact) mass is 535 g/mol. The van der Waals surface area contributed by atoms with Crippen molar-refractivity contribution in [1.29, 1.82) is 0 Å². The van der Waals surface area contributed by atoms with Gasteiger partial charge >= 0.3 is 5.97 Å². The molecule has 0 aromatic heterocycles. The maximum Gasteiger partial charge on any atom is 0.319 e. The molecule has 0 unspecified atom stereocenters. The van der Waals surface area contributed by atoms with Crippen LogP contribution in [0.1, 0.15) is 17.0 Å². The third kappa shape index (κ3) is 3.52. The maximum absolute atomic E-state index is 14.1. The molecule has 4 aromatic rings. The minimum atomic E-state index is -0.917. The molecule has 3 aliphatic rings. The van der Waals surface area contributed by atoms with Crippen LogP contribution < -0.4 is 14.4 Å². The van der Waals surface area contributed by atoms with Gasteiger partial charge in [-0.15, -0.1) is 0 Å². The first kappa shape index (κ1) is 23.7. The number of carbonyl (C=O) groups is 3. The maximum atomic E-state index is 14.1. The largest absolute Gasteiger partial charge is 0.497 e. The molecule has 2 heterocycles. The molecule has 2 amide bonds. The number of fused-ring (bicyclic) bond motifs is 7. The first-order valence-corrected chi connectivity index (χ1v) is 13.1. The molecule has 7 rings (SSSR count). The SMILES string of the molecule is COc1ccc([C@@H]2C=C3c4c(ccc5ccccc45)OC(=O)[C@@H]3[C@@H]3C(=O)N(c4ccc(Cl)cc4)C(=O)[C@H]32)cc1. The molecule has 0 spiro atoms. The molecule has 1 aliphatic carbocycles. The van der Waals surface area contributed by atoms with Gasteiger partial charge < -0.3 is 9.47 Å². The molecule has 7 heteroatoms. The number of nitrogens with zero attached hydrogens (tertiary/aromatic N) is 1. The lowest BCUT2D eigenvalue weighted by molar-refractivity contribution is -0.142. The van der Waals surface area contributed by atoms with Crippen LogP contribution in [0.2, 0.25) is 5.02 Å². The zero-order valence-electron chi connectivity index (χ0n) is 20.8. The van der Waals surface area contributed by atoms with Crippen molar-refractivity contribution in [1.82, 2.24) is 0 Å². The van der Waals surface area contributed by atoms with Gasteiger partial charge in [0.15, 0.2) is 0 Å². The lowest BCUT2D eigenvalue weighted by atomic mass is 9.64. The van der Waals surface area contributed by atoms with Gasteiger partial charge in [-0.2, -0.15) is 0 Å². The number of carbonyl (C=O) groups excluding carboxylic acids is 3. The van der Waals surface area contributed by atoms with E-state index in [2.05, 4.69) is 0 Å². The lowest BCUT2D eigenvalue weighted by Gasteiger charge is -2.38. The van der Waals surface area contributed by atoms with Crippen molar-refractivity contribution >= 4 is 51.4 Å². The molecule has 1 saturated heterocycles. The summed E-state index contributed by atoms with van der Waals surface area (Å²) in [5, 5.41) is 2.42. The molecule has 4 atom stereocenters. The molecular formula is C32H22ClNO5. The minimum Gasteiger partial charge on any atom is -0.497 e. The van der Waals surface area contributed by atoms with Crippen molar-refractivity contribution in [3.05, 3.63) is 107 Å². The molecule has 0 N–H and O–H groups in total. The zero-order chi connectivity index (χ0) is 26.8. The fourth-order valence-corrected chi connectivity index (χ4v) is 6.45. The van der Waals surface area contributed by atoms with E-state index in [-0.39, 0.29) is 5.91 Å². The van der Waals surface area contributed by atoms with Crippen LogP contribution in [-0.2, 0) is 14.4 Å². The second-order valence-electron chi connectivity index (χ2n) is 10.0. The van der Waals surface area contributed by atoms with Crippen LogP contribution in [0, 0.1) is 17.8 Å². The van der Waals surface area contributed by atoms with E-state index in [1.165, 1.54) is 4.90 Å². The highest BCUT2D eigenvalue weighted by atomic mass is 35.5. The van der Waals surface area contributed by atoms with Crippen LogP contribution in [0.4, 0.5) is 5.69 Å². The summed E-state index contributed by atoms with van der Waals surface area (Å²) in [7, 11) is 1.59. The van der Waals surface area contributed by atoms with Gasteiger partial charge in [0.25, 0.3) is 0 Å². The van der Waals surface area contributed by atoms with Crippen LogP contribution in [0.5, 0.6) is 11.5 Å². The quantitative estimate of drug-likeness (QED) is 0.182. The van der Waals surface area contributed by atoms with Gasteiger partial charge in [0, 0.05) is 16.5 Å². The van der Waals surface area contributed by atoms with Crippen LogP contribution in [0.25, 0.3) is 16.3 Å². The number of anilines is 1. The molecule has 1 fully saturated rings. The Morgan fingerprint density at radius 2 is 1.54 bits per heavy atom. The van der Waals surface area contributed by atoms with Gasteiger partial charge in [-0.05, 0) is 64.4 Å². The van der Waals surface area contributed by atoms with Crippen LogP contribution in [0.15, 0.2) is 91.0 Å². The highest BCUT2D eigenvalue weighted by Gasteiger charge is 2.60. The molecule has 0 radical (unpaired) electrons. The number of esters is 1. The van der Waals surface area contributed by atoms with E-state index in [4.69, 9.17) is 21.1 Å². The van der Waals surface area contributed by atoms with Crippen molar-refractivity contribution in [2.45, 2.75) is 5.92 Å². The predicted octanol–water partition coefficient (Wildman–Crippen LogP) is 6.02. The number of hydrogen-bond acceptors (Lipinski definition) is 5.